The summed E-state index contributed by atoms with van der Waals surface area (Å²) in [4.78, 5) is 23.1. The SMILES string of the molecule is Cc1c([C@]2(CN)NC(=O)NC2=O)cnn1CC(F)(F)F. The normalized spacial score (nSPS) is 22.9. The minimum atomic E-state index is -4.44. The van der Waals surface area contributed by atoms with Gasteiger partial charge >= 0.3 is 12.2 Å². The topological polar surface area (TPSA) is 102 Å². The second-order valence-electron chi connectivity index (χ2n) is 4.43. The Labute approximate surface area is 111 Å². The number of imide groups is 1. The van der Waals surface area contributed by atoms with Gasteiger partial charge in [-0.2, -0.15) is 18.3 Å². The zero-order valence-corrected chi connectivity index (χ0v) is 10.4. The molecule has 0 saturated carbocycles. The number of halogens is 3. The Morgan fingerprint density at radius 1 is 1.45 bits per heavy atom. The maximum Gasteiger partial charge on any atom is 0.408 e. The summed E-state index contributed by atoms with van der Waals surface area (Å²) in [6.07, 6.45) is -3.33. The van der Waals surface area contributed by atoms with Crippen LogP contribution in [0.15, 0.2) is 6.20 Å². The van der Waals surface area contributed by atoms with E-state index in [0.717, 1.165) is 6.20 Å². The monoisotopic (exact) mass is 291 g/mol. The molecule has 4 N–H and O–H groups in total. The van der Waals surface area contributed by atoms with Crippen molar-refractivity contribution in [2.24, 2.45) is 5.73 Å². The van der Waals surface area contributed by atoms with E-state index in [4.69, 9.17) is 5.73 Å². The fraction of sp³-hybridized carbons (Fsp3) is 0.500. The number of alkyl halides is 3. The van der Waals surface area contributed by atoms with Crippen LogP contribution in [0.1, 0.15) is 11.3 Å². The Hall–Kier alpha value is -2.10. The van der Waals surface area contributed by atoms with Crippen LogP contribution in [0.25, 0.3) is 0 Å². The molecule has 1 atom stereocenters. The van der Waals surface area contributed by atoms with Crippen molar-refractivity contribution < 1.29 is 22.8 Å². The van der Waals surface area contributed by atoms with Gasteiger partial charge in [-0.3, -0.25) is 14.8 Å². The highest BCUT2D eigenvalue weighted by Gasteiger charge is 2.48. The van der Waals surface area contributed by atoms with E-state index in [0.29, 0.717) is 4.68 Å². The molecule has 1 aromatic rings. The predicted molar refractivity (Wildman–Crippen MR) is 60.4 cm³/mol. The molecule has 1 fully saturated rings. The van der Waals surface area contributed by atoms with Crippen LogP contribution in [-0.2, 0) is 16.9 Å². The molecular weight excluding hydrogens is 279 g/mol. The standard InChI is InChI=1S/C10H12F3N5O2/c1-5-6(2-15-18(5)4-10(11,12)13)9(3-14)7(19)16-8(20)17-9/h2H,3-4,14H2,1H3,(H2,16,17,19,20)/t9-/m0/s1. The molecule has 1 aliphatic rings. The van der Waals surface area contributed by atoms with Crippen molar-refractivity contribution in [3.05, 3.63) is 17.5 Å². The van der Waals surface area contributed by atoms with E-state index in [1.165, 1.54) is 6.92 Å². The van der Waals surface area contributed by atoms with E-state index in [1.54, 1.807) is 0 Å². The fourth-order valence-electron chi connectivity index (χ4n) is 2.13. The molecule has 1 saturated heterocycles. The van der Waals surface area contributed by atoms with Gasteiger partial charge in [-0.15, -0.1) is 0 Å². The van der Waals surface area contributed by atoms with Gasteiger partial charge in [0.05, 0.1) is 6.20 Å². The number of amides is 3. The molecule has 1 aromatic heterocycles. The van der Waals surface area contributed by atoms with Crippen molar-refractivity contribution in [2.75, 3.05) is 6.54 Å². The summed E-state index contributed by atoms with van der Waals surface area (Å²) in [5.74, 6) is -0.709. The number of rotatable bonds is 3. The highest BCUT2D eigenvalue weighted by molar-refractivity contribution is 6.07. The number of hydrogen-bond donors (Lipinski definition) is 3. The van der Waals surface area contributed by atoms with E-state index in [9.17, 15) is 22.8 Å². The number of carbonyl (C=O) groups excluding carboxylic acids is 2. The molecule has 110 valence electrons. The molecule has 0 aliphatic carbocycles. The molecule has 2 rings (SSSR count). The van der Waals surface area contributed by atoms with Gasteiger partial charge in [-0.05, 0) is 6.92 Å². The maximum absolute atomic E-state index is 12.4. The number of nitrogens with one attached hydrogen (secondary N) is 2. The first-order valence-corrected chi connectivity index (χ1v) is 5.63. The summed E-state index contributed by atoms with van der Waals surface area (Å²) in [5.41, 5.74) is 4.21. The van der Waals surface area contributed by atoms with Gasteiger partial charge in [-0.25, -0.2) is 4.79 Å². The Bertz CT molecular complexity index is 568. The van der Waals surface area contributed by atoms with Crippen LogP contribution in [-0.4, -0.2) is 34.4 Å². The quantitative estimate of drug-likeness (QED) is 0.668. The lowest BCUT2D eigenvalue weighted by Gasteiger charge is -2.24. The van der Waals surface area contributed by atoms with Crippen LogP contribution in [0, 0.1) is 6.92 Å². The van der Waals surface area contributed by atoms with E-state index in [2.05, 4.69) is 10.4 Å². The third-order valence-corrected chi connectivity index (χ3v) is 3.14. The molecule has 0 spiro atoms. The summed E-state index contributed by atoms with van der Waals surface area (Å²) in [6, 6.07) is -0.747. The third kappa shape index (κ3) is 2.22. The number of aromatic nitrogens is 2. The minimum absolute atomic E-state index is 0.116. The Morgan fingerprint density at radius 2 is 2.10 bits per heavy atom. The summed E-state index contributed by atoms with van der Waals surface area (Å²) in [5, 5.41) is 7.96. The van der Waals surface area contributed by atoms with Crippen LogP contribution in [0.5, 0.6) is 0 Å². The fourth-order valence-corrected chi connectivity index (χ4v) is 2.13. The Balaban J connectivity index is 2.43. The average Bonchev–Trinajstić information content (AvgIpc) is 2.80. The van der Waals surface area contributed by atoms with E-state index in [-0.39, 0.29) is 17.8 Å². The van der Waals surface area contributed by atoms with Crippen LogP contribution >= 0.6 is 0 Å². The first kappa shape index (κ1) is 14.3. The molecule has 3 amide bonds. The highest BCUT2D eigenvalue weighted by Crippen LogP contribution is 2.28. The lowest BCUT2D eigenvalue weighted by Crippen LogP contribution is -2.50. The predicted octanol–water partition coefficient (Wildman–Crippen LogP) is -0.253. The molecule has 10 heteroatoms. The van der Waals surface area contributed by atoms with Gasteiger partial charge in [0, 0.05) is 17.8 Å². The van der Waals surface area contributed by atoms with Crippen molar-refractivity contribution in [3.63, 3.8) is 0 Å². The molecule has 7 nitrogen and oxygen atoms in total. The van der Waals surface area contributed by atoms with Gasteiger partial charge in [0.25, 0.3) is 5.91 Å². The molecule has 1 aliphatic heterocycles. The molecule has 20 heavy (non-hydrogen) atoms. The van der Waals surface area contributed by atoms with E-state index in [1.807, 2.05) is 5.32 Å². The van der Waals surface area contributed by atoms with E-state index < -0.39 is 30.2 Å². The number of nitrogens with two attached hydrogens (primary N) is 1. The van der Waals surface area contributed by atoms with Crippen molar-refractivity contribution in [1.82, 2.24) is 20.4 Å². The zero-order chi connectivity index (χ0) is 15.1. The molecule has 0 unspecified atom stereocenters. The summed E-state index contributed by atoms with van der Waals surface area (Å²) < 4.78 is 37.9. The lowest BCUT2D eigenvalue weighted by atomic mass is 9.90. The molecule has 2 heterocycles. The van der Waals surface area contributed by atoms with Crippen molar-refractivity contribution in [2.45, 2.75) is 25.2 Å². The van der Waals surface area contributed by atoms with Gasteiger partial charge in [0.2, 0.25) is 0 Å². The lowest BCUT2D eigenvalue weighted by molar-refractivity contribution is -0.142. The number of carbonyl (C=O) groups is 2. The van der Waals surface area contributed by atoms with Crippen LogP contribution < -0.4 is 16.4 Å². The Morgan fingerprint density at radius 3 is 2.55 bits per heavy atom. The van der Waals surface area contributed by atoms with Crippen molar-refractivity contribution in [1.29, 1.82) is 0 Å². The molecule has 0 bridgehead atoms. The van der Waals surface area contributed by atoms with Gasteiger partial charge in [-0.1, -0.05) is 0 Å². The third-order valence-electron chi connectivity index (χ3n) is 3.14. The number of urea groups is 1. The average molecular weight is 291 g/mol. The maximum atomic E-state index is 12.4. The van der Waals surface area contributed by atoms with Gasteiger partial charge in [0.15, 0.2) is 5.54 Å². The first-order chi connectivity index (χ1) is 9.19. The molecule has 0 radical (unpaired) electrons. The molecule has 0 aromatic carbocycles. The Kier molecular flexibility index (Phi) is 3.20. The van der Waals surface area contributed by atoms with Crippen molar-refractivity contribution >= 4 is 11.9 Å². The number of nitrogens with zero attached hydrogens (tertiary/aromatic N) is 2. The van der Waals surface area contributed by atoms with Crippen LogP contribution in [0.3, 0.4) is 0 Å². The summed E-state index contributed by atoms with van der Waals surface area (Å²) in [7, 11) is 0. The largest absolute Gasteiger partial charge is 0.408 e. The smallest absolute Gasteiger partial charge is 0.327 e. The molecular formula is C10H12F3N5O2. The second-order valence-corrected chi connectivity index (χ2v) is 4.43. The van der Waals surface area contributed by atoms with Gasteiger partial charge < -0.3 is 11.1 Å². The van der Waals surface area contributed by atoms with E-state index >= 15 is 0 Å². The van der Waals surface area contributed by atoms with Crippen molar-refractivity contribution in [3.8, 4) is 0 Å². The number of hydrogen-bond acceptors (Lipinski definition) is 4. The van der Waals surface area contributed by atoms with Crippen LogP contribution in [0.2, 0.25) is 0 Å². The second kappa shape index (κ2) is 4.47. The summed E-state index contributed by atoms with van der Waals surface area (Å²) in [6.45, 7) is -0.193. The van der Waals surface area contributed by atoms with Crippen LogP contribution in [0.4, 0.5) is 18.0 Å². The zero-order valence-electron chi connectivity index (χ0n) is 10.4. The summed E-state index contributed by atoms with van der Waals surface area (Å²) >= 11 is 0. The minimum Gasteiger partial charge on any atom is -0.327 e. The first-order valence-electron chi connectivity index (χ1n) is 5.63. The van der Waals surface area contributed by atoms with Gasteiger partial charge in [0.1, 0.15) is 6.54 Å². The highest BCUT2D eigenvalue weighted by atomic mass is 19.4.